The second kappa shape index (κ2) is 6.78. The van der Waals surface area contributed by atoms with Gasteiger partial charge in [-0.3, -0.25) is 4.79 Å². The molecule has 2 rings (SSSR count). The van der Waals surface area contributed by atoms with Gasteiger partial charge in [0.2, 0.25) is 0 Å². The summed E-state index contributed by atoms with van der Waals surface area (Å²) >= 11 is 7.44. The molecule has 98 valence electrons. The van der Waals surface area contributed by atoms with Crippen molar-refractivity contribution in [1.29, 1.82) is 0 Å². The summed E-state index contributed by atoms with van der Waals surface area (Å²) in [5.41, 5.74) is 1.98. The van der Waals surface area contributed by atoms with Crippen molar-refractivity contribution in [1.82, 2.24) is 0 Å². The maximum atomic E-state index is 12.1. The molecule has 0 aliphatic heterocycles. The molecular formula is C16H15ClOS. The lowest BCUT2D eigenvalue weighted by Gasteiger charge is -2.04. The molecule has 0 aliphatic rings. The Labute approximate surface area is 123 Å². The first-order valence-electron chi connectivity index (χ1n) is 6.19. The second-order valence-corrected chi connectivity index (χ2v) is 5.71. The molecule has 0 radical (unpaired) electrons. The molecule has 0 N–H and O–H groups in total. The fraction of sp³-hybridized carbons (Fsp3) is 0.188. The number of aryl methyl sites for hydroxylation is 1. The van der Waals surface area contributed by atoms with E-state index in [1.807, 2.05) is 48.5 Å². The van der Waals surface area contributed by atoms with Crippen molar-refractivity contribution in [3.63, 3.8) is 0 Å². The predicted octanol–water partition coefficient (Wildman–Crippen LogP) is 4.88. The summed E-state index contributed by atoms with van der Waals surface area (Å²) in [6.07, 6.45) is 0.947. The topological polar surface area (TPSA) is 17.1 Å². The van der Waals surface area contributed by atoms with Crippen molar-refractivity contribution in [2.75, 3.05) is 5.75 Å². The van der Waals surface area contributed by atoms with Crippen LogP contribution < -0.4 is 0 Å². The summed E-state index contributed by atoms with van der Waals surface area (Å²) in [6.45, 7) is 2.09. The van der Waals surface area contributed by atoms with E-state index in [1.54, 1.807) is 0 Å². The van der Waals surface area contributed by atoms with Crippen LogP contribution in [-0.2, 0) is 6.42 Å². The predicted molar refractivity (Wildman–Crippen MR) is 82.3 cm³/mol. The van der Waals surface area contributed by atoms with Crippen LogP contribution in [0.25, 0.3) is 0 Å². The Morgan fingerprint density at radius 1 is 1.16 bits per heavy atom. The van der Waals surface area contributed by atoms with Gasteiger partial charge in [0.1, 0.15) is 0 Å². The highest BCUT2D eigenvalue weighted by atomic mass is 35.5. The lowest BCUT2D eigenvalue weighted by atomic mass is 10.1. The van der Waals surface area contributed by atoms with Crippen LogP contribution in [-0.4, -0.2) is 11.5 Å². The van der Waals surface area contributed by atoms with Crippen molar-refractivity contribution < 1.29 is 4.79 Å². The minimum absolute atomic E-state index is 0.153. The summed E-state index contributed by atoms with van der Waals surface area (Å²) in [5.74, 6) is 0.591. The molecule has 0 spiro atoms. The average Bonchev–Trinajstić information content (AvgIpc) is 2.45. The molecule has 3 heteroatoms. The number of carbonyl (C=O) groups excluding carboxylic acids is 1. The van der Waals surface area contributed by atoms with Crippen molar-refractivity contribution in [3.8, 4) is 0 Å². The Bertz CT molecular complexity index is 580. The van der Waals surface area contributed by atoms with Gasteiger partial charge in [-0.15, -0.1) is 11.8 Å². The molecule has 0 atom stereocenters. The van der Waals surface area contributed by atoms with Gasteiger partial charge in [0.05, 0.1) is 5.75 Å². The maximum Gasteiger partial charge on any atom is 0.173 e. The minimum Gasteiger partial charge on any atom is -0.293 e. The molecule has 0 fully saturated rings. The molecule has 0 aliphatic carbocycles. The molecule has 2 aromatic carbocycles. The van der Waals surface area contributed by atoms with Gasteiger partial charge < -0.3 is 0 Å². The molecule has 0 bridgehead atoms. The summed E-state index contributed by atoms with van der Waals surface area (Å²) < 4.78 is 0. The third-order valence-corrected chi connectivity index (χ3v) is 4.05. The van der Waals surface area contributed by atoms with Crippen LogP contribution in [0.15, 0.2) is 53.4 Å². The summed E-state index contributed by atoms with van der Waals surface area (Å²) in [7, 11) is 0. The highest BCUT2D eigenvalue weighted by Crippen LogP contribution is 2.22. The lowest BCUT2D eigenvalue weighted by molar-refractivity contribution is 0.102. The standard InChI is InChI=1S/C16H15ClOS/c1-2-12-5-3-6-13(9-12)16(18)11-19-15-8-4-7-14(17)10-15/h3-10H,2,11H2,1H3. The third-order valence-electron chi connectivity index (χ3n) is 2.82. The molecule has 0 aromatic heterocycles. The number of thioether (sulfide) groups is 1. The fourth-order valence-corrected chi connectivity index (χ4v) is 2.86. The van der Waals surface area contributed by atoms with Gasteiger partial charge in [-0.25, -0.2) is 0 Å². The van der Waals surface area contributed by atoms with Crippen molar-refractivity contribution >= 4 is 29.1 Å². The Morgan fingerprint density at radius 3 is 2.68 bits per heavy atom. The van der Waals surface area contributed by atoms with Gasteiger partial charge in [-0.2, -0.15) is 0 Å². The molecular weight excluding hydrogens is 276 g/mol. The van der Waals surface area contributed by atoms with E-state index in [0.717, 1.165) is 16.9 Å². The van der Waals surface area contributed by atoms with Gasteiger partial charge in [-0.1, -0.05) is 42.8 Å². The normalized spacial score (nSPS) is 10.4. The van der Waals surface area contributed by atoms with E-state index < -0.39 is 0 Å². The molecule has 0 saturated carbocycles. The number of rotatable bonds is 5. The van der Waals surface area contributed by atoms with Gasteiger partial charge >= 0.3 is 0 Å². The first-order valence-corrected chi connectivity index (χ1v) is 7.56. The highest BCUT2D eigenvalue weighted by Gasteiger charge is 2.07. The average molecular weight is 291 g/mol. The second-order valence-electron chi connectivity index (χ2n) is 4.22. The first-order chi connectivity index (χ1) is 9.19. The van der Waals surface area contributed by atoms with Crippen molar-refractivity contribution in [3.05, 3.63) is 64.7 Å². The van der Waals surface area contributed by atoms with Crippen LogP contribution in [0.2, 0.25) is 5.02 Å². The zero-order chi connectivity index (χ0) is 13.7. The Hall–Kier alpha value is -1.25. The van der Waals surface area contributed by atoms with Gasteiger partial charge in [0.15, 0.2) is 5.78 Å². The van der Waals surface area contributed by atoms with E-state index in [-0.39, 0.29) is 5.78 Å². The molecule has 0 unspecified atom stereocenters. The van der Waals surface area contributed by atoms with Crippen LogP contribution in [0.4, 0.5) is 0 Å². The summed E-state index contributed by atoms with van der Waals surface area (Å²) in [4.78, 5) is 13.1. The van der Waals surface area contributed by atoms with Crippen LogP contribution in [0.5, 0.6) is 0 Å². The van der Waals surface area contributed by atoms with Crippen LogP contribution >= 0.6 is 23.4 Å². The van der Waals surface area contributed by atoms with E-state index in [9.17, 15) is 4.79 Å². The van der Waals surface area contributed by atoms with Crippen molar-refractivity contribution in [2.45, 2.75) is 18.2 Å². The zero-order valence-corrected chi connectivity index (χ0v) is 12.3. The van der Waals surface area contributed by atoms with Crippen molar-refractivity contribution in [2.24, 2.45) is 0 Å². The minimum atomic E-state index is 0.153. The van der Waals surface area contributed by atoms with E-state index in [2.05, 4.69) is 6.92 Å². The molecule has 1 nitrogen and oxygen atoms in total. The number of carbonyl (C=O) groups is 1. The molecule has 0 heterocycles. The van der Waals surface area contributed by atoms with Gasteiger partial charge in [-0.05, 0) is 36.2 Å². The number of hydrogen-bond donors (Lipinski definition) is 0. The Kier molecular flexibility index (Phi) is 5.06. The Morgan fingerprint density at radius 2 is 1.95 bits per heavy atom. The maximum absolute atomic E-state index is 12.1. The quantitative estimate of drug-likeness (QED) is 0.577. The smallest absolute Gasteiger partial charge is 0.173 e. The third kappa shape index (κ3) is 4.12. The Balaban J connectivity index is 2.01. The van der Waals surface area contributed by atoms with Crippen LogP contribution in [0.1, 0.15) is 22.8 Å². The number of ketones is 1. The summed E-state index contributed by atoms with van der Waals surface area (Å²) in [6, 6.07) is 15.4. The fourth-order valence-electron chi connectivity index (χ4n) is 1.75. The molecule has 19 heavy (non-hydrogen) atoms. The monoisotopic (exact) mass is 290 g/mol. The lowest BCUT2D eigenvalue weighted by Crippen LogP contribution is -2.02. The van der Waals surface area contributed by atoms with Crippen LogP contribution in [0, 0.1) is 0 Å². The van der Waals surface area contributed by atoms with E-state index in [1.165, 1.54) is 17.3 Å². The number of benzene rings is 2. The van der Waals surface area contributed by atoms with E-state index in [4.69, 9.17) is 11.6 Å². The molecule has 0 saturated heterocycles. The highest BCUT2D eigenvalue weighted by molar-refractivity contribution is 8.00. The number of Topliss-reactive ketones (excluding diaryl/α,β-unsaturated/α-hetero) is 1. The van der Waals surface area contributed by atoms with Gasteiger partial charge in [0, 0.05) is 15.5 Å². The SMILES string of the molecule is CCc1cccc(C(=O)CSc2cccc(Cl)c2)c1. The largest absolute Gasteiger partial charge is 0.293 e. The van der Waals surface area contributed by atoms with Gasteiger partial charge in [0.25, 0.3) is 0 Å². The van der Waals surface area contributed by atoms with E-state index in [0.29, 0.717) is 10.8 Å². The zero-order valence-electron chi connectivity index (χ0n) is 10.7. The number of hydrogen-bond acceptors (Lipinski definition) is 2. The molecule has 2 aromatic rings. The summed E-state index contributed by atoms with van der Waals surface area (Å²) in [5, 5.41) is 0.699. The number of halogens is 1. The van der Waals surface area contributed by atoms with Crippen LogP contribution in [0.3, 0.4) is 0 Å². The van der Waals surface area contributed by atoms with E-state index >= 15 is 0 Å². The molecule has 0 amide bonds. The first kappa shape index (κ1) is 14.2.